The average Bonchev–Trinajstić information content (AvgIpc) is 2.69. The van der Waals surface area contributed by atoms with Crippen LogP contribution < -0.4 is 0 Å². The molecule has 0 saturated carbocycles. The molecule has 2 rings (SSSR count). The van der Waals surface area contributed by atoms with Gasteiger partial charge in [-0.2, -0.15) is 0 Å². The van der Waals surface area contributed by atoms with Crippen molar-refractivity contribution in [2.75, 3.05) is 12.5 Å². The van der Waals surface area contributed by atoms with E-state index in [-0.39, 0.29) is 32.3 Å². The van der Waals surface area contributed by atoms with Gasteiger partial charge in [-0.25, -0.2) is 19.6 Å². The summed E-state index contributed by atoms with van der Waals surface area (Å²) < 4.78 is 3.03. The summed E-state index contributed by atoms with van der Waals surface area (Å²) in [5.74, 6) is -1.86. The fourth-order valence-electron chi connectivity index (χ4n) is 1.68. The summed E-state index contributed by atoms with van der Waals surface area (Å²) in [7, 11) is 0. The van der Waals surface area contributed by atoms with Crippen LogP contribution in [0.5, 0.6) is 0 Å². The number of hydrogen-bond acceptors (Lipinski definition) is 6. The second-order valence-electron chi connectivity index (χ2n) is 4.69. The molecule has 27 heavy (non-hydrogen) atoms. The quantitative estimate of drug-likeness (QED) is 0.427. The van der Waals surface area contributed by atoms with Gasteiger partial charge in [-0.1, -0.05) is 0 Å². The van der Waals surface area contributed by atoms with Crippen LogP contribution in [-0.2, 0) is 0 Å². The molecular formula is C18H24N2O4S2Sn. The van der Waals surface area contributed by atoms with Crippen LogP contribution >= 0.6 is 23.5 Å². The molecule has 0 aromatic carbocycles. The van der Waals surface area contributed by atoms with E-state index >= 15 is 0 Å². The molecule has 0 spiro atoms. The Morgan fingerprint density at radius 2 is 1.26 bits per heavy atom. The number of hydrogen-bond donors (Lipinski definition) is 2. The van der Waals surface area contributed by atoms with Crippen LogP contribution in [0.15, 0.2) is 46.7 Å². The van der Waals surface area contributed by atoms with E-state index in [1.54, 1.807) is 49.2 Å². The number of carboxylic acid groups (broad SMARTS) is 2. The number of rotatable bonds is 6. The molecule has 2 aromatic rings. The van der Waals surface area contributed by atoms with Crippen molar-refractivity contribution in [2.45, 2.75) is 32.8 Å². The van der Waals surface area contributed by atoms with Gasteiger partial charge in [0.2, 0.25) is 0 Å². The topological polar surface area (TPSA) is 100 Å². The minimum absolute atomic E-state index is 0.218. The van der Waals surface area contributed by atoms with Gasteiger partial charge in [0.1, 0.15) is 10.1 Å². The van der Waals surface area contributed by atoms with Crippen molar-refractivity contribution >= 4 is 56.6 Å². The number of aromatic carboxylic acids is 2. The summed E-state index contributed by atoms with van der Waals surface area (Å²) in [5, 5.41) is 18.4. The van der Waals surface area contributed by atoms with Crippen molar-refractivity contribution in [3.63, 3.8) is 0 Å². The van der Waals surface area contributed by atoms with Gasteiger partial charge < -0.3 is 10.2 Å². The summed E-state index contributed by atoms with van der Waals surface area (Å²) >= 11 is 2.88. The van der Waals surface area contributed by atoms with Crippen molar-refractivity contribution in [3.05, 3.63) is 47.8 Å². The molecule has 146 valence electrons. The zero-order valence-corrected chi connectivity index (χ0v) is 20.3. The van der Waals surface area contributed by atoms with E-state index in [1.807, 2.05) is 0 Å². The number of pyridine rings is 2. The van der Waals surface area contributed by atoms with Crippen molar-refractivity contribution in [3.8, 4) is 0 Å². The fourth-order valence-corrected chi connectivity index (χ4v) is 4.19. The SMILES string of the molecule is CSc1ncccc1C(=O)O.CSc1ncccc1C(=O)O.C[CH2][Sn][CH2]C. The molecule has 0 unspecified atom stereocenters. The van der Waals surface area contributed by atoms with Gasteiger partial charge in [0.25, 0.3) is 0 Å². The maximum absolute atomic E-state index is 10.5. The Bertz CT molecular complexity index is 658. The monoisotopic (exact) mass is 516 g/mol. The second-order valence-corrected chi connectivity index (χ2v) is 11.7. The van der Waals surface area contributed by atoms with Crippen LogP contribution in [-0.4, -0.2) is 65.8 Å². The van der Waals surface area contributed by atoms with Gasteiger partial charge in [-0.05, 0) is 36.8 Å². The molecule has 0 fully saturated rings. The van der Waals surface area contributed by atoms with Gasteiger partial charge in [-0.15, -0.1) is 23.5 Å². The molecular weight excluding hydrogens is 491 g/mol. The van der Waals surface area contributed by atoms with Crippen LogP contribution in [0.25, 0.3) is 0 Å². The third-order valence-corrected chi connectivity index (χ3v) is 7.17. The van der Waals surface area contributed by atoms with E-state index in [9.17, 15) is 9.59 Å². The Morgan fingerprint density at radius 3 is 1.44 bits per heavy atom. The van der Waals surface area contributed by atoms with E-state index in [2.05, 4.69) is 23.8 Å². The number of carboxylic acids is 2. The summed E-state index contributed by atoms with van der Waals surface area (Å²) in [6, 6.07) is 6.31. The molecule has 0 atom stereocenters. The van der Waals surface area contributed by atoms with E-state index < -0.39 is 11.9 Å². The van der Waals surface area contributed by atoms with E-state index in [4.69, 9.17) is 10.2 Å². The van der Waals surface area contributed by atoms with Crippen LogP contribution in [0.1, 0.15) is 34.6 Å². The average molecular weight is 515 g/mol. The van der Waals surface area contributed by atoms with Gasteiger partial charge in [-0.3, -0.25) is 0 Å². The molecule has 0 aliphatic rings. The first-order valence-electron chi connectivity index (χ1n) is 8.08. The van der Waals surface area contributed by atoms with E-state index in [1.165, 1.54) is 32.4 Å². The van der Waals surface area contributed by atoms with Gasteiger partial charge in [0.05, 0.1) is 11.1 Å². The van der Waals surface area contributed by atoms with Crippen LogP contribution in [0.2, 0.25) is 8.87 Å². The Morgan fingerprint density at radius 1 is 0.889 bits per heavy atom. The Balaban J connectivity index is 0.000000405. The molecule has 2 N–H and O–H groups in total. The van der Waals surface area contributed by atoms with Crippen molar-refractivity contribution in [2.24, 2.45) is 0 Å². The van der Waals surface area contributed by atoms with Gasteiger partial charge >= 0.3 is 55.8 Å². The van der Waals surface area contributed by atoms with Crippen LogP contribution in [0, 0.1) is 0 Å². The molecule has 0 bridgehead atoms. The summed E-state index contributed by atoms with van der Waals surface area (Å²) in [6.45, 7) is 4.57. The Labute approximate surface area is 178 Å². The number of aromatic nitrogens is 2. The van der Waals surface area contributed by atoms with Crippen LogP contribution in [0.4, 0.5) is 0 Å². The predicted molar refractivity (Wildman–Crippen MR) is 113 cm³/mol. The molecule has 9 heteroatoms. The molecule has 0 aliphatic heterocycles. The fraction of sp³-hybridized carbons (Fsp3) is 0.333. The summed E-state index contributed by atoms with van der Waals surface area (Å²) in [6.07, 6.45) is 6.76. The first-order valence-corrected chi connectivity index (χ1v) is 14.6. The third-order valence-electron chi connectivity index (χ3n) is 2.89. The normalized spacial score (nSPS) is 9.33. The first-order chi connectivity index (χ1) is 12.9. The number of carbonyl (C=O) groups is 2. The molecule has 6 nitrogen and oxygen atoms in total. The van der Waals surface area contributed by atoms with E-state index in [0.29, 0.717) is 10.1 Å². The maximum atomic E-state index is 10.5. The van der Waals surface area contributed by atoms with E-state index in [0.717, 1.165) is 0 Å². The standard InChI is InChI=1S/2C7H7NO2S.2C2H5.Sn/c2*1-11-6-5(7(9)10)3-2-4-8-6;2*1-2;/h2*2-4H,1H3,(H,9,10);2*1H2,2H3;. The number of nitrogens with zero attached hydrogens (tertiary/aromatic N) is 2. The molecule has 2 aromatic heterocycles. The minimum atomic E-state index is -0.928. The van der Waals surface area contributed by atoms with Gasteiger partial charge in [0.15, 0.2) is 0 Å². The van der Waals surface area contributed by atoms with Gasteiger partial charge in [0, 0.05) is 12.4 Å². The second kappa shape index (κ2) is 15.8. The first kappa shape index (κ1) is 25.7. The number of thioether (sulfide) groups is 2. The molecule has 2 radical (unpaired) electrons. The third kappa shape index (κ3) is 10.6. The molecule has 0 saturated heterocycles. The summed E-state index contributed by atoms with van der Waals surface area (Å²) in [4.78, 5) is 28.9. The molecule has 2 heterocycles. The van der Waals surface area contributed by atoms with Crippen molar-refractivity contribution in [1.82, 2.24) is 9.97 Å². The molecule has 0 amide bonds. The Hall–Kier alpha value is -1.26. The molecule has 0 aliphatic carbocycles. The van der Waals surface area contributed by atoms with Crippen molar-refractivity contribution in [1.29, 1.82) is 0 Å². The zero-order chi connectivity index (χ0) is 20.7. The van der Waals surface area contributed by atoms with Crippen LogP contribution in [0.3, 0.4) is 0 Å². The predicted octanol–water partition coefficient (Wildman–Crippen LogP) is 4.57. The zero-order valence-electron chi connectivity index (χ0n) is 15.8. The summed E-state index contributed by atoms with van der Waals surface area (Å²) in [5.41, 5.74) is 0.528. The van der Waals surface area contributed by atoms with Crippen molar-refractivity contribution < 1.29 is 19.8 Å². The Kier molecular flexibility index (Phi) is 15.0.